The van der Waals surface area contributed by atoms with Crippen molar-refractivity contribution in [3.8, 4) is 5.75 Å². The zero-order chi connectivity index (χ0) is 10.2. The highest BCUT2D eigenvalue weighted by molar-refractivity contribution is 6.32. The Balaban J connectivity index is 2.36. The molecule has 1 fully saturated rings. The van der Waals surface area contributed by atoms with Gasteiger partial charge < -0.3 is 10.8 Å². The van der Waals surface area contributed by atoms with Crippen LogP contribution in [0.15, 0.2) is 18.2 Å². The molecule has 1 aromatic rings. The van der Waals surface area contributed by atoms with Crippen LogP contribution < -0.4 is 5.73 Å². The van der Waals surface area contributed by atoms with Crippen LogP contribution in [0.1, 0.15) is 31.2 Å². The fourth-order valence-electron chi connectivity index (χ4n) is 2.11. The highest BCUT2D eigenvalue weighted by atomic mass is 35.5. The van der Waals surface area contributed by atoms with E-state index in [2.05, 4.69) is 0 Å². The Morgan fingerprint density at radius 3 is 2.50 bits per heavy atom. The average Bonchev–Trinajstić information content (AvgIpc) is 2.58. The third-order valence-electron chi connectivity index (χ3n) is 3.02. The maximum Gasteiger partial charge on any atom is 0.134 e. The zero-order valence-electron chi connectivity index (χ0n) is 7.96. The lowest BCUT2D eigenvalue weighted by molar-refractivity contribution is 0.455. The van der Waals surface area contributed by atoms with E-state index in [0.29, 0.717) is 5.02 Å². The second-order valence-electron chi connectivity index (χ2n) is 4.03. The first kappa shape index (κ1) is 9.81. The average molecular weight is 212 g/mol. The van der Waals surface area contributed by atoms with E-state index >= 15 is 0 Å². The number of hydrogen-bond donors (Lipinski definition) is 2. The number of rotatable bonds is 1. The van der Waals surface area contributed by atoms with E-state index in [0.717, 1.165) is 18.4 Å². The van der Waals surface area contributed by atoms with Gasteiger partial charge in [-0.3, -0.25) is 0 Å². The normalized spacial score (nSPS) is 19.9. The predicted molar refractivity (Wildman–Crippen MR) is 57.5 cm³/mol. The summed E-state index contributed by atoms with van der Waals surface area (Å²) in [6.45, 7) is 0. The molecule has 0 atom stereocenters. The highest BCUT2D eigenvalue weighted by Crippen LogP contribution is 2.38. The lowest BCUT2D eigenvalue weighted by Gasteiger charge is -2.24. The Morgan fingerprint density at radius 1 is 1.29 bits per heavy atom. The van der Waals surface area contributed by atoms with Crippen molar-refractivity contribution in [2.75, 3.05) is 0 Å². The van der Waals surface area contributed by atoms with E-state index < -0.39 is 0 Å². The molecule has 0 heterocycles. The number of hydrogen-bond acceptors (Lipinski definition) is 2. The molecule has 14 heavy (non-hydrogen) atoms. The van der Waals surface area contributed by atoms with Crippen LogP contribution in [0.25, 0.3) is 0 Å². The van der Waals surface area contributed by atoms with Crippen molar-refractivity contribution in [1.29, 1.82) is 0 Å². The molecule has 0 radical (unpaired) electrons. The molecule has 1 aliphatic rings. The molecule has 0 amide bonds. The molecule has 0 aliphatic heterocycles. The topological polar surface area (TPSA) is 46.2 Å². The van der Waals surface area contributed by atoms with Crippen LogP contribution in [0.5, 0.6) is 5.75 Å². The summed E-state index contributed by atoms with van der Waals surface area (Å²) in [6, 6.07) is 5.26. The lowest BCUT2D eigenvalue weighted by Crippen LogP contribution is -2.32. The molecule has 0 saturated heterocycles. The largest absolute Gasteiger partial charge is 0.506 e. The standard InChI is InChI=1S/C11H14ClNO/c12-9-7-8(3-4-10(9)14)11(13)5-1-2-6-11/h3-4,7,14H,1-2,5-6,13H2. The molecule has 3 N–H and O–H groups in total. The van der Waals surface area contributed by atoms with E-state index in [1.54, 1.807) is 12.1 Å². The molecule has 0 unspecified atom stereocenters. The first-order valence-electron chi connectivity index (χ1n) is 4.90. The van der Waals surface area contributed by atoms with Gasteiger partial charge in [0.15, 0.2) is 0 Å². The van der Waals surface area contributed by atoms with Crippen molar-refractivity contribution in [1.82, 2.24) is 0 Å². The number of benzene rings is 1. The van der Waals surface area contributed by atoms with Crippen LogP contribution in [0.2, 0.25) is 5.02 Å². The molecule has 1 aliphatic carbocycles. The van der Waals surface area contributed by atoms with Gasteiger partial charge in [-0.25, -0.2) is 0 Å². The summed E-state index contributed by atoms with van der Waals surface area (Å²) in [5.41, 5.74) is 7.07. The minimum atomic E-state index is -0.225. The molecule has 2 rings (SSSR count). The number of phenols is 1. The number of halogens is 1. The summed E-state index contributed by atoms with van der Waals surface area (Å²) in [7, 11) is 0. The van der Waals surface area contributed by atoms with Crippen molar-refractivity contribution in [2.24, 2.45) is 5.73 Å². The SMILES string of the molecule is NC1(c2ccc(O)c(Cl)c2)CCCC1. The molecule has 0 bridgehead atoms. The van der Waals surface area contributed by atoms with Gasteiger partial charge in [-0.15, -0.1) is 0 Å². The van der Waals surface area contributed by atoms with Crippen LogP contribution in [-0.4, -0.2) is 5.11 Å². The van der Waals surface area contributed by atoms with Gasteiger partial charge in [0.25, 0.3) is 0 Å². The summed E-state index contributed by atoms with van der Waals surface area (Å²) >= 11 is 5.85. The zero-order valence-corrected chi connectivity index (χ0v) is 8.72. The summed E-state index contributed by atoms with van der Waals surface area (Å²) < 4.78 is 0. The molecule has 1 saturated carbocycles. The third kappa shape index (κ3) is 1.60. The van der Waals surface area contributed by atoms with Gasteiger partial charge in [-0.2, -0.15) is 0 Å². The van der Waals surface area contributed by atoms with E-state index in [4.69, 9.17) is 17.3 Å². The molecule has 0 spiro atoms. The van der Waals surface area contributed by atoms with Crippen LogP contribution in [0, 0.1) is 0 Å². The minimum absolute atomic E-state index is 0.122. The van der Waals surface area contributed by atoms with E-state index in [9.17, 15) is 5.11 Å². The quantitative estimate of drug-likeness (QED) is 0.751. The van der Waals surface area contributed by atoms with E-state index in [1.165, 1.54) is 12.8 Å². The van der Waals surface area contributed by atoms with E-state index in [-0.39, 0.29) is 11.3 Å². The van der Waals surface area contributed by atoms with E-state index in [1.807, 2.05) is 6.07 Å². The van der Waals surface area contributed by atoms with Gasteiger partial charge in [0.05, 0.1) is 5.02 Å². The van der Waals surface area contributed by atoms with Gasteiger partial charge in [0, 0.05) is 5.54 Å². The van der Waals surface area contributed by atoms with Crippen molar-refractivity contribution >= 4 is 11.6 Å². The van der Waals surface area contributed by atoms with Crippen molar-refractivity contribution in [2.45, 2.75) is 31.2 Å². The molecule has 76 valence electrons. The smallest absolute Gasteiger partial charge is 0.134 e. The number of aromatic hydroxyl groups is 1. The van der Waals surface area contributed by atoms with Gasteiger partial charge in [0.1, 0.15) is 5.75 Å². The molecule has 2 nitrogen and oxygen atoms in total. The molecule has 0 aromatic heterocycles. The van der Waals surface area contributed by atoms with Gasteiger partial charge in [-0.1, -0.05) is 30.5 Å². The van der Waals surface area contributed by atoms with Crippen LogP contribution in [0.3, 0.4) is 0 Å². The molecule has 1 aromatic carbocycles. The fourth-order valence-corrected chi connectivity index (χ4v) is 2.29. The predicted octanol–water partition coefficient (Wildman–Crippen LogP) is 2.77. The van der Waals surface area contributed by atoms with Crippen LogP contribution in [0.4, 0.5) is 0 Å². The van der Waals surface area contributed by atoms with Crippen molar-refractivity contribution in [3.63, 3.8) is 0 Å². The van der Waals surface area contributed by atoms with Gasteiger partial charge in [-0.05, 0) is 30.5 Å². The van der Waals surface area contributed by atoms with Crippen molar-refractivity contribution < 1.29 is 5.11 Å². The second-order valence-corrected chi connectivity index (χ2v) is 4.44. The van der Waals surface area contributed by atoms with Crippen LogP contribution >= 0.6 is 11.6 Å². The Labute approximate surface area is 88.7 Å². The summed E-state index contributed by atoms with van der Waals surface area (Å²) in [4.78, 5) is 0. The Kier molecular flexibility index (Phi) is 2.41. The Hall–Kier alpha value is -0.730. The maximum atomic E-state index is 9.30. The fraction of sp³-hybridized carbons (Fsp3) is 0.455. The summed E-state index contributed by atoms with van der Waals surface area (Å²) in [5, 5.41) is 9.69. The Bertz CT molecular complexity index is 345. The highest BCUT2D eigenvalue weighted by Gasteiger charge is 2.31. The van der Waals surface area contributed by atoms with Gasteiger partial charge in [0.2, 0.25) is 0 Å². The summed E-state index contributed by atoms with van der Waals surface area (Å²) in [5.74, 6) is 0.122. The molecular weight excluding hydrogens is 198 g/mol. The van der Waals surface area contributed by atoms with Crippen LogP contribution in [-0.2, 0) is 5.54 Å². The first-order chi connectivity index (χ1) is 6.62. The number of nitrogens with two attached hydrogens (primary N) is 1. The maximum absolute atomic E-state index is 9.30. The number of phenolic OH excluding ortho intramolecular Hbond substituents is 1. The molecular formula is C11H14ClNO. The first-order valence-corrected chi connectivity index (χ1v) is 5.27. The monoisotopic (exact) mass is 211 g/mol. The second kappa shape index (κ2) is 3.44. The Morgan fingerprint density at radius 2 is 1.93 bits per heavy atom. The molecule has 3 heteroatoms. The van der Waals surface area contributed by atoms with Crippen molar-refractivity contribution in [3.05, 3.63) is 28.8 Å². The van der Waals surface area contributed by atoms with Gasteiger partial charge >= 0.3 is 0 Å². The minimum Gasteiger partial charge on any atom is -0.506 e. The summed E-state index contributed by atoms with van der Waals surface area (Å²) in [6.07, 6.45) is 4.37. The third-order valence-corrected chi connectivity index (χ3v) is 3.32. The lowest BCUT2D eigenvalue weighted by atomic mass is 9.89.